The van der Waals surface area contributed by atoms with E-state index in [0.717, 1.165) is 98.7 Å². The summed E-state index contributed by atoms with van der Waals surface area (Å²) in [6.07, 6.45) is 5.61. The van der Waals surface area contributed by atoms with E-state index in [9.17, 15) is 9.90 Å². The first-order valence-corrected chi connectivity index (χ1v) is 14.3. The number of urea groups is 1. The topological polar surface area (TPSA) is 90.0 Å². The summed E-state index contributed by atoms with van der Waals surface area (Å²) in [6, 6.07) is 10.7. The molecule has 1 aromatic heterocycles. The first-order valence-electron chi connectivity index (χ1n) is 14.3. The Labute approximate surface area is 226 Å². The molecular formula is C30H43N5O3. The third-order valence-corrected chi connectivity index (χ3v) is 8.51. The molecule has 1 unspecified atom stereocenters. The quantitative estimate of drug-likeness (QED) is 0.480. The third-order valence-electron chi connectivity index (χ3n) is 8.51. The Morgan fingerprint density at radius 3 is 2.61 bits per heavy atom. The molecule has 8 nitrogen and oxygen atoms in total. The van der Waals surface area contributed by atoms with Crippen LogP contribution in [0.15, 0.2) is 30.3 Å². The lowest BCUT2D eigenvalue weighted by Crippen LogP contribution is -2.37. The van der Waals surface area contributed by atoms with E-state index < -0.39 is 5.60 Å². The molecule has 2 aliphatic heterocycles. The number of ether oxygens (including phenoxy) is 1. The maximum atomic E-state index is 12.9. The summed E-state index contributed by atoms with van der Waals surface area (Å²) in [6.45, 7) is 10.9. The second-order valence-electron chi connectivity index (χ2n) is 11.6. The Morgan fingerprint density at radius 2 is 1.89 bits per heavy atom. The van der Waals surface area contributed by atoms with E-state index in [-0.39, 0.29) is 12.1 Å². The van der Waals surface area contributed by atoms with Crippen molar-refractivity contribution in [3.05, 3.63) is 35.9 Å². The largest absolute Gasteiger partial charge is 0.390 e. The van der Waals surface area contributed by atoms with E-state index in [1.54, 1.807) is 0 Å². The van der Waals surface area contributed by atoms with E-state index >= 15 is 0 Å². The van der Waals surface area contributed by atoms with Gasteiger partial charge in [0.2, 0.25) is 0 Å². The minimum Gasteiger partial charge on any atom is -0.390 e. The van der Waals surface area contributed by atoms with Gasteiger partial charge < -0.3 is 30.3 Å². The number of pyridine rings is 1. The minimum absolute atomic E-state index is 0.0185. The van der Waals surface area contributed by atoms with Crippen LogP contribution in [-0.2, 0) is 4.74 Å². The lowest BCUT2D eigenvalue weighted by Gasteiger charge is -2.34. The fraction of sp³-hybridized carbons (Fsp3) is 0.600. The Hall–Kier alpha value is -2.84. The van der Waals surface area contributed by atoms with Crippen molar-refractivity contribution in [1.29, 1.82) is 0 Å². The molecule has 2 aromatic rings. The molecule has 3 aliphatic rings. The van der Waals surface area contributed by atoms with E-state index in [2.05, 4.69) is 53.6 Å². The summed E-state index contributed by atoms with van der Waals surface area (Å²) in [5, 5.41) is 17.2. The second-order valence-corrected chi connectivity index (χ2v) is 11.6. The van der Waals surface area contributed by atoms with Crippen molar-refractivity contribution in [2.45, 2.75) is 70.9 Å². The van der Waals surface area contributed by atoms with Gasteiger partial charge in [-0.15, -0.1) is 0 Å². The van der Waals surface area contributed by atoms with Crippen molar-refractivity contribution < 1.29 is 14.6 Å². The van der Waals surface area contributed by atoms with Crippen molar-refractivity contribution in [2.24, 2.45) is 5.92 Å². The lowest BCUT2D eigenvalue weighted by atomic mass is 9.83. The average molecular weight is 522 g/mol. The zero-order valence-corrected chi connectivity index (χ0v) is 23.1. The summed E-state index contributed by atoms with van der Waals surface area (Å²) >= 11 is 0. The normalized spacial score (nSPS) is 25.9. The SMILES string of the molecule is CCC1CCN(C(=O)Nc2ccc(C)c(-c3cc(N[C@H]4CC[C@](C)(O)CC4)nc(N4CCOCC4)c3)c2)C1. The van der Waals surface area contributed by atoms with Gasteiger partial charge in [0.15, 0.2) is 0 Å². The van der Waals surface area contributed by atoms with Crippen LogP contribution in [0.2, 0.25) is 0 Å². The first-order chi connectivity index (χ1) is 18.3. The van der Waals surface area contributed by atoms with Crippen molar-refractivity contribution in [1.82, 2.24) is 9.88 Å². The van der Waals surface area contributed by atoms with Crippen molar-refractivity contribution >= 4 is 23.4 Å². The number of nitrogens with zero attached hydrogens (tertiary/aromatic N) is 3. The van der Waals surface area contributed by atoms with Crippen molar-refractivity contribution in [2.75, 3.05) is 54.9 Å². The highest BCUT2D eigenvalue weighted by Gasteiger charge is 2.29. The fourth-order valence-electron chi connectivity index (χ4n) is 5.86. The number of aliphatic hydroxyl groups is 1. The molecule has 8 heteroatoms. The summed E-state index contributed by atoms with van der Waals surface area (Å²) in [5.74, 6) is 2.39. The number of hydrogen-bond acceptors (Lipinski definition) is 6. The van der Waals surface area contributed by atoms with Crippen LogP contribution in [0.3, 0.4) is 0 Å². The smallest absolute Gasteiger partial charge is 0.321 e. The molecule has 1 atom stereocenters. The second kappa shape index (κ2) is 11.5. The average Bonchev–Trinajstić information content (AvgIpc) is 3.41. The number of aryl methyl sites for hydroxylation is 1. The molecule has 2 amide bonds. The number of rotatable bonds is 6. The Kier molecular flexibility index (Phi) is 8.09. The van der Waals surface area contributed by atoms with Crippen LogP contribution in [0.1, 0.15) is 57.9 Å². The van der Waals surface area contributed by atoms with Crippen molar-refractivity contribution in [3.8, 4) is 11.1 Å². The number of anilines is 3. The van der Waals surface area contributed by atoms with Gasteiger partial charge in [0.1, 0.15) is 11.6 Å². The molecule has 0 bridgehead atoms. The van der Waals surface area contributed by atoms with Gasteiger partial charge in [-0.2, -0.15) is 0 Å². The number of likely N-dealkylation sites (tertiary alicyclic amines) is 1. The number of aromatic nitrogens is 1. The molecule has 3 heterocycles. The van der Waals surface area contributed by atoms with E-state index in [0.29, 0.717) is 19.1 Å². The van der Waals surface area contributed by atoms with Gasteiger partial charge >= 0.3 is 6.03 Å². The zero-order chi connectivity index (χ0) is 26.7. The van der Waals surface area contributed by atoms with Crippen LogP contribution in [0.5, 0.6) is 0 Å². The van der Waals surface area contributed by atoms with Crippen LogP contribution >= 0.6 is 0 Å². The number of morpholine rings is 1. The highest BCUT2D eigenvalue weighted by Crippen LogP contribution is 2.34. The summed E-state index contributed by atoms with van der Waals surface area (Å²) in [5.41, 5.74) is 3.55. The number of amides is 2. The van der Waals surface area contributed by atoms with Crippen LogP contribution in [-0.4, -0.2) is 72.1 Å². The van der Waals surface area contributed by atoms with Gasteiger partial charge in [-0.3, -0.25) is 0 Å². The molecule has 1 aromatic carbocycles. The molecule has 5 rings (SSSR count). The fourth-order valence-corrected chi connectivity index (χ4v) is 5.86. The summed E-state index contributed by atoms with van der Waals surface area (Å²) in [7, 11) is 0. The van der Waals surface area contributed by atoms with Crippen LogP contribution < -0.4 is 15.5 Å². The standard InChI is InChI=1S/C30H43N5O3/c1-4-22-9-12-35(20-22)29(36)32-25-6-5-21(2)26(19-25)23-17-27(31-24-7-10-30(3,37)11-8-24)33-28(18-23)34-13-15-38-16-14-34/h5-6,17-19,22,24,37H,4,7-16,20H2,1-3H3,(H,31,33)(H,32,36)/t22?,24-,30-. The van der Waals surface area contributed by atoms with E-state index in [1.807, 2.05) is 17.9 Å². The summed E-state index contributed by atoms with van der Waals surface area (Å²) in [4.78, 5) is 22.2. The molecule has 2 saturated heterocycles. The highest BCUT2D eigenvalue weighted by atomic mass is 16.5. The molecule has 206 valence electrons. The molecule has 38 heavy (non-hydrogen) atoms. The van der Waals surface area contributed by atoms with E-state index in [1.165, 1.54) is 0 Å². The maximum Gasteiger partial charge on any atom is 0.321 e. The van der Waals surface area contributed by atoms with Crippen LogP contribution in [0.25, 0.3) is 11.1 Å². The molecule has 3 fully saturated rings. The highest BCUT2D eigenvalue weighted by molar-refractivity contribution is 5.91. The number of nitrogens with one attached hydrogen (secondary N) is 2. The zero-order valence-electron chi connectivity index (χ0n) is 23.1. The Bertz CT molecular complexity index is 1120. The predicted octanol–water partition coefficient (Wildman–Crippen LogP) is 5.26. The number of carbonyl (C=O) groups is 1. The molecular weight excluding hydrogens is 478 g/mol. The Balaban J connectivity index is 1.40. The first kappa shape index (κ1) is 26.8. The molecule has 0 spiro atoms. The molecule has 1 saturated carbocycles. The third kappa shape index (κ3) is 6.41. The van der Waals surface area contributed by atoms with Crippen LogP contribution in [0.4, 0.5) is 22.1 Å². The molecule has 3 N–H and O–H groups in total. The number of carbonyl (C=O) groups excluding carboxylic acids is 1. The van der Waals surface area contributed by atoms with E-state index in [4.69, 9.17) is 9.72 Å². The minimum atomic E-state index is -0.569. The number of benzene rings is 1. The van der Waals surface area contributed by atoms with Crippen LogP contribution in [0, 0.1) is 12.8 Å². The van der Waals surface area contributed by atoms with Gasteiger partial charge in [-0.05, 0) is 92.8 Å². The van der Waals surface area contributed by atoms with Gasteiger partial charge in [-0.1, -0.05) is 19.4 Å². The lowest BCUT2D eigenvalue weighted by molar-refractivity contribution is 0.0196. The van der Waals surface area contributed by atoms with Gasteiger partial charge in [-0.25, -0.2) is 9.78 Å². The van der Waals surface area contributed by atoms with Crippen molar-refractivity contribution in [3.63, 3.8) is 0 Å². The maximum absolute atomic E-state index is 12.9. The van der Waals surface area contributed by atoms with Gasteiger partial charge in [0, 0.05) is 37.9 Å². The predicted molar refractivity (Wildman–Crippen MR) is 153 cm³/mol. The van der Waals surface area contributed by atoms with Gasteiger partial charge in [0.05, 0.1) is 18.8 Å². The molecule has 1 aliphatic carbocycles. The monoisotopic (exact) mass is 521 g/mol. The summed E-state index contributed by atoms with van der Waals surface area (Å²) < 4.78 is 5.58. The molecule has 0 radical (unpaired) electrons. The van der Waals surface area contributed by atoms with Gasteiger partial charge in [0.25, 0.3) is 0 Å². The number of hydrogen-bond donors (Lipinski definition) is 3. The Morgan fingerprint density at radius 1 is 1.13 bits per heavy atom.